The van der Waals surface area contributed by atoms with Crippen LogP contribution in [-0.2, 0) is 4.74 Å². The molecule has 5 nitrogen and oxygen atoms in total. The van der Waals surface area contributed by atoms with E-state index in [0.717, 1.165) is 42.3 Å². The Morgan fingerprint density at radius 1 is 1.48 bits per heavy atom. The molecule has 0 radical (unpaired) electrons. The lowest BCUT2D eigenvalue weighted by molar-refractivity contribution is 0.0576. The quantitative estimate of drug-likeness (QED) is 0.920. The molecule has 1 saturated heterocycles. The van der Waals surface area contributed by atoms with Gasteiger partial charge in [-0.05, 0) is 37.1 Å². The molecule has 1 atom stereocenters. The number of aromatic nitrogens is 2. The van der Waals surface area contributed by atoms with Gasteiger partial charge in [0.15, 0.2) is 0 Å². The van der Waals surface area contributed by atoms with Crippen LogP contribution < -0.4 is 10.2 Å². The molecule has 1 aliphatic heterocycles. The number of nitrogens with zero attached hydrogens (tertiary/aromatic N) is 3. The van der Waals surface area contributed by atoms with Crippen molar-refractivity contribution < 1.29 is 4.74 Å². The number of thiophene rings is 1. The smallest absolute Gasteiger partial charge is 0.226 e. The number of hydrogen-bond acceptors (Lipinski definition) is 6. The van der Waals surface area contributed by atoms with Crippen molar-refractivity contribution in [2.75, 3.05) is 43.6 Å². The second-order valence-electron chi connectivity index (χ2n) is 5.50. The molecule has 0 amide bonds. The molecule has 21 heavy (non-hydrogen) atoms. The number of nitrogens with one attached hydrogen (secondary N) is 1. The Bertz CT molecular complexity index is 594. The molecule has 2 aromatic rings. The number of anilines is 2. The zero-order chi connectivity index (χ0) is 14.7. The van der Waals surface area contributed by atoms with Crippen LogP contribution in [-0.4, -0.2) is 43.3 Å². The third-order valence-corrected chi connectivity index (χ3v) is 4.59. The van der Waals surface area contributed by atoms with Gasteiger partial charge >= 0.3 is 0 Å². The van der Waals surface area contributed by atoms with Gasteiger partial charge in [-0.2, -0.15) is 4.98 Å². The fourth-order valence-electron chi connectivity index (χ4n) is 2.79. The Morgan fingerprint density at radius 3 is 3.14 bits per heavy atom. The highest BCUT2D eigenvalue weighted by atomic mass is 32.1. The molecule has 3 rings (SSSR count). The Kier molecular flexibility index (Phi) is 4.55. The average molecular weight is 306 g/mol. The molecule has 6 heteroatoms. The van der Waals surface area contributed by atoms with Gasteiger partial charge < -0.3 is 15.0 Å². The summed E-state index contributed by atoms with van der Waals surface area (Å²) in [5.41, 5.74) is 0. The second-order valence-corrected chi connectivity index (χ2v) is 6.40. The molecule has 1 aliphatic rings. The van der Waals surface area contributed by atoms with Crippen molar-refractivity contribution in [2.45, 2.75) is 19.8 Å². The van der Waals surface area contributed by atoms with Crippen LogP contribution >= 0.6 is 11.3 Å². The SMILES string of the molecule is CCNc1nc(N(C)CC2CCCOC2)c2ccsc2n1. The molecule has 114 valence electrons. The maximum absolute atomic E-state index is 5.58. The van der Waals surface area contributed by atoms with Gasteiger partial charge in [-0.1, -0.05) is 0 Å². The Labute approximate surface area is 129 Å². The number of fused-ring (bicyclic) bond motifs is 1. The number of ether oxygens (including phenoxy) is 1. The van der Waals surface area contributed by atoms with Crippen molar-refractivity contribution in [2.24, 2.45) is 5.92 Å². The predicted molar refractivity (Wildman–Crippen MR) is 88.4 cm³/mol. The summed E-state index contributed by atoms with van der Waals surface area (Å²) in [5.74, 6) is 2.33. The van der Waals surface area contributed by atoms with E-state index >= 15 is 0 Å². The van der Waals surface area contributed by atoms with Crippen LogP contribution in [0.3, 0.4) is 0 Å². The van der Waals surface area contributed by atoms with E-state index in [1.54, 1.807) is 11.3 Å². The minimum absolute atomic E-state index is 0.593. The lowest BCUT2D eigenvalue weighted by atomic mass is 10.0. The van der Waals surface area contributed by atoms with Gasteiger partial charge in [0.05, 0.1) is 12.0 Å². The summed E-state index contributed by atoms with van der Waals surface area (Å²) in [5, 5.41) is 6.44. The van der Waals surface area contributed by atoms with E-state index in [0.29, 0.717) is 11.9 Å². The first-order valence-electron chi connectivity index (χ1n) is 7.56. The average Bonchev–Trinajstić information content (AvgIpc) is 2.96. The van der Waals surface area contributed by atoms with Gasteiger partial charge in [0, 0.05) is 26.7 Å². The van der Waals surface area contributed by atoms with Crippen LogP contribution in [0.15, 0.2) is 11.4 Å². The summed E-state index contributed by atoms with van der Waals surface area (Å²) >= 11 is 1.66. The molecule has 0 aliphatic carbocycles. The molecule has 1 unspecified atom stereocenters. The maximum Gasteiger partial charge on any atom is 0.226 e. The number of hydrogen-bond donors (Lipinski definition) is 1. The maximum atomic E-state index is 5.58. The number of rotatable bonds is 5. The fraction of sp³-hybridized carbons (Fsp3) is 0.600. The van der Waals surface area contributed by atoms with Gasteiger partial charge in [0.1, 0.15) is 10.6 Å². The molecule has 3 heterocycles. The minimum atomic E-state index is 0.593. The van der Waals surface area contributed by atoms with Crippen LogP contribution in [0.1, 0.15) is 19.8 Å². The zero-order valence-corrected chi connectivity index (χ0v) is 13.4. The standard InChI is InChI=1S/C15H22N4OS/c1-3-16-15-17-13(12-6-8-21-14(12)18-15)19(2)9-11-5-4-7-20-10-11/h6,8,11H,3-5,7,9-10H2,1-2H3,(H,16,17,18). The summed E-state index contributed by atoms with van der Waals surface area (Å²) in [7, 11) is 2.11. The van der Waals surface area contributed by atoms with Crippen LogP contribution in [0.25, 0.3) is 10.2 Å². The normalized spacial score (nSPS) is 18.9. The zero-order valence-electron chi connectivity index (χ0n) is 12.6. The van der Waals surface area contributed by atoms with E-state index in [-0.39, 0.29) is 0 Å². The van der Waals surface area contributed by atoms with Crippen molar-refractivity contribution in [3.8, 4) is 0 Å². The van der Waals surface area contributed by atoms with Gasteiger partial charge in [0.25, 0.3) is 0 Å². The summed E-state index contributed by atoms with van der Waals surface area (Å²) in [6.45, 7) is 5.64. The first-order chi connectivity index (χ1) is 10.3. The van der Waals surface area contributed by atoms with E-state index in [2.05, 4.69) is 40.6 Å². The third kappa shape index (κ3) is 3.27. The molecule has 0 aromatic carbocycles. The van der Waals surface area contributed by atoms with Crippen LogP contribution in [0.2, 0.25) is 0 Å². The largest absolute Gasteiger partial charge is 0.381 e. The van der Waals surface area contributed by atoms with Crippen molar-refractivity contribution in [3.05, 3.63) is 11.4 Å². The van der Waals surface area contributed by atoms with E-state index < -0.39 is 0 Å². The van der Waals surface area contributed by atoms with Gasteiger partial charge in [0.2, 0.25) is 5.95 Å². The summed E-state index contributed by atoms with van der Waals surface area (Å²) < 4.78 is 5.58. The molecule has 0 saturated carbocycles. The summed E-state index contributed by atoms with van der Waals surface area (Å²) in [6, 6.07) is 2.11. The highest BCUT2D eigenvalue weighted by molar-refractivity contribution is 7.16. The van der Waals surface area contributed by atoms with E-state index in [1.165, 1.54) is 12.8 Å². The monoisotopic (exact) mass is 306 g/mol. The van der Waals surface area contributed by atoms with Gasteiger partial charge in [-0.25, -0.2) is 4.98 Å². The topological polar surface area (TPSA) is 50.3 Å². The lowest BCUT2D eigenvalue weighted by Gasteiger charge is -2.28. The molecule has 0 spiro atoms. The predicted octanol–water partition coefficient (Wildman–Crippen LogP) is 2.99. The van der Waals surface area contributed by atoms with E-state index in [4.69, 9.17) is 9.72 Å². The Balaban J connectivity index is 1.84. The molecule has 0 bridgehead atoms. The fourth-order valence-corrected chi connectivity index (χ4v) is 3.55. The van der Waals surface area contributed by atoms with Crippen molar-refractivity contribution >= 4 is 33.3 Å². The van der Waals surface area contributed by atoms with Crippen molar-refractivity contribution in [1.29, 1.82) is 0 Å². The van der Waals surface area contributed by atoms with E-state index in [9.17, 15) is 0 Å². The van der Waals surface area contributed by atoms with Gasteiger partial charge in [-0.3, -0.25) is 0 Å². The molecular formula is C15H22N4OS. The lowest BCUT2D eigenvalue weighted by Crippen LogP contribution is -2.31. The molecule has 1 fully saturated rings. The van der Waals surface area contributed by atoms with E-state index in [1.807, 2.05) is 0 Å². The Hall–Kier alpha value is -1.40. The summed E-state index contributed by atoms with van der Waals surface area (Å²) in [6.07, 6.45) is 2.40. The summed E-state index contributed by atoms with van der Waals surface area (Å²) in [4.78, 5) is 12.5. The van der Waals surface area contributed by atoms with Crippen LogP contribution in [0.4, 0.5) is 11.8 Å². The van der Waals surface area contributed by atoms with Crippen LogP contribution in [0, 0.1) is 5.92 Å². The van der Waals surface area contributed by atoms with Crippen molar-refractivity contribution in [1.82, 2.24) is 9.97 Å². The van der Waals surface area contributed by atoms with Gasteiger partial charge in [-0.15, -0.1) is 11.3 Å². The highest BCUT2D eigenvalue weighted by Crippen LogP contribution is 2.29. The first kappa shape index (κ1) is 14.5. The minimum Gasteiger partial charge on any atom is -0.381 e. The Morgan fingerprint density at radius 2 is 2.38 bits per heavy atom. The molecular weight excluding hydrogens is 284 g/mol. The molecule has 1 N–H and O–H groups in total. The van der Waals surface area contributed by atoms with Crippen molar-refractivity contribution in [3.63, 3.8) is 0 Å². The third-order valence-electron chi connectivity index (χ3n) is 3.79. The first-order valence-corrected chi connectivity index (χ1v) is 8.44. The highest BCUT2D eigenvalue weighted by Gasteiger charge is 2.19. The van der Waals surface area contributed by atoms with Crippen LogP contribution in [0.5, 0.6) is 0 Å². The second kappa shape index (κ2) is 6.58. The molecule has 2 aromatic heterocycles.